The predicted molar refractivity (Wildman–Crippen MR) is 105 cm³/mol. The monoisotopic (exact) mass is 366 g/mol. The maximum atomic E-state index is 12.5. The third-order valence-electron chi connectivity index (χ3n) is 3.89. The van der Waals surface area contributed by atoms with Gasteiger partial charge in [-0.2, -0.15) is 0 Å². The number of rotatable bonds is 5. The summed E-state index contributed by atoms with van der Waals surface area (Å²) in [6.45, 7) is 4.48. The average molecular weight is 367 g/mol. The zero-order chi connectivity index (χ0) is 18.5. The van der Waals surface area contributed by atoms with Gasteiger partial charge < -0.3 is 10.6 Å². The Balaban J connectivity index is 1.73. The van der Waals surface area contributed by atoms with E-state index in [1.54, 1.807) is 30.3 Å². The van der Waals surface area contributed by atoms with E-state index in [1.165, 1.54) is 5.56 Å². The highest BCUT2D eigenvalue weighted by Gasteiger charge is 2.11. The van der Waals surface area contributed by atoms with Gasteiger partial charge >= 0.3 is 0 Å². The molecule has 3 aromatic rings. The number of aryl methyl sites for hydroxylation is 2. The second-order valence-electron chi connectivity index (χ2n) is 5.96. The molecule has 1 aromatic heterocycles. The number of aromatic nitrogens is 2. The van der Waals surface area contributed by atoms with Crippen molar-refractivity contribution >= 4 is 29.1 Å². The van der Waals surface area contributed by atoms with Gasteiger partial charge in [0.2, 0.25) is 5.95 Å². The molecule has 0 atom stereocenters. The lowest BCUT2D eigenvalue weighted by Crippen LogP contribution is -2.16. The lowest BCUT2D eigenvalue weighted by molar-refractivity contribution is 0.102. The van der Waals surface area contributed by atoms with Gasteiger partial charge in [-0.3, -0.25) is 4.79 Å². The first kappa shape index (κ1) is 17.9. The summed E-state index contributed by atoms with van der Waals surface area (Å²) in [5.41, 5.74) is 4.02. The molecule has 0 saturated heterocycles. The first-order chi connectivity index (χ1) is 12.5. The average Bonchev–Trinajstić information content (AvgIpc) is 2.62. The molecule has 0 unspecified atom stereocenters. The van der Waals surface area contributed by atoms with Crippen LogP contribution in [0.4, 0.5) is 11.6 Å². The number of hydrogen-bond acceptors (Lipinski definition) is 4. The molecule has 1 amide bonds. The largest absolute Gasteiger partial charge is 0.350 e. The normalized spacial score (nSPS) is 10.4. The molecule has 3 rings (SSSR count). The molecule has 0 radical (unpaired) electrons. The van der Waals surface area contributed by atoms with Crippen LogP contribution < -0.4 is 10.6 Å². The minimum absolute atomic E-state index is 0.295. The van der Waals surface area contributed by atoms with E-state index in [0.717, 1.165) is 5.56 Å². The lowest BCUT2D eigenvalue weighted by Gasteiger charge is -2.10. The Morgan fingerprint density at radius 3 is 2.50 bits per heavy atom. The van der Waals surface area contributed by atoms with Crippen molar-refractivity contribution in [3.8, 4) is 0 Å². The van der Waals surface area contributed by atoms with Crippen LogP contribution in [0.1, 0.15) is 27.3 Å². The van der Waals surface area contributed by atoms with Gasteiger partial charge in [-0.25, -0.2) is 9.97 Å². The van der Waals surface area contributed by atoms with Crippen molar-refractivity contribution < 1.29 is 4.79 Å². The molecule has 0 aliphatic carbocycles. The third-order valence-corrected chi connectivity index (χ3v) is 4.14. The molecule has 2 N–H and O–H groups in total. The molecule has 0 spiro atoms. The summed E-state index contributed by atoms with van der Waals surface area (Å²) in [5, 5.41) is 6.61. The third kappa shape index (κ3) is 4.58. The number of halogens is 1. The molecule has 0 fully saturated rings. The molecule has 0 bridgehead atoms. The maximum absolute atomic E-state index is 12.5. The van der Waals surface area contributed by atoms with Crippen molar-refractivity contribution in [2.45, 2.75) is 20.4 Å². The van der Waals surface area contributed by atoms with Crippen molar-refractivity contribution in [3.05, 3.63) is 82.1 Å². The van der Waals surface area contributed by atoms with Crippen LogP contribution in [-0.2, 0) is 6.54 Å². The molecule has 0 aliphatic heterocycles. The summed E-state index contributed by atoms with van der Waals surface area (Å²) >= 11 is 5.86. The van der Waals surface area contributed by atoms with Crippen molar-refractivity contribution in [1.82, 2.24) is 9.97 Å². The van der Waals surface area contributed by atoms with Crippen LogP contribution in [0.5, 0.6) is 0 Å². The standard InChI is InChI=1S/C20H19ClN4O/c1-13-5-3-4-6-15(13)12-22-20-23-14(2)11-18(25-20)19(26)24-17-9-7-16(21)8-10-17/h3-11H,12H2,1-2H3,(H,24,26)(H,22,23,25). The molecular weight excluding hydrogens is 348 g/mol. The number of carbonyl (C=O) groups is 1. The van der Waals surface area contributed by atoms with Crippen LogP contribution in [0, 0.1) is 13.8 Å². The fourth-order valence-electron chi connectivity index (χ4n) is 2.47. The van der Waals surface area contributed by atoms with E-state index in [4.69, 9.17) is 11.6 Å². The lowest BCUT2D eigenvalue weighted by atomic mass is 10.1. The summed E-state index contributed by atoms with van der Waals surface area (Å²) in [6.07, 6.45) is 0. The van der Waals surface area contributed by atoms with Crippen LogP contribution >= 0.6 is 11.6 Å². The first-order valence-electron chi connectivity index (χ1n) is 8.22. The Morgan fingerprint density at radius 2 is 1.77 bits per heavy atom. The molecule has 1 heterocycles. The van der Waals surface area contributed by atoms with Gasteiger partial charge in [-0.05, 0) is 55.3 Å². The SMILES string of the molecule is Cc1cc(C(=O)Nc2ccc(Cl)cc2)nc(NCc2ccccc2C)n1. The number of carbonyl (C=O) groups excluding carboxylic acids is 1. The van der Waals surface area contributed by atoms with E-state index < -0.39 is 0 Å². The fourth-order valence-corrected chi connectivity index (χ4v) is 2.60. The van der Waals surface area contributed by atoms with Gasteiger partial charge in [0, 0.05) is 22.9 Å². The summed E-state index contributed by atoms with van der Waals surface area (Å²) in [6, 6.07) is 16.7. The van der Waals surface area contributed by atoms with Gasteiger partial charge in [0.25, 0.3) is 5.91 Å². The van der Waals surface area contributed by atoms with Crippen LogP contribution in [0.2, 0.25) is 5.02 Å². The Bertz CT molecular complexity index is 925. The number of nitrogens with zero attached hydrogens (tertiary/aromatic N) is 2. The van der Waals surface area contributed by atoms with Gasteiger partial charge in [0.1, 0.15) is 5.69 Å². The van der Waals surface area contributed by atoms with Gasteiger partial charge in [0.05, 0.1) is 0 Å². The zero-order valence-corrected chi connectivity index (χ0v) is 15.3. The highest BCUT2D eigenvalue weighted by molar-refractivity contribution is 6.30. The van der Waals surface area contributed by atoms with Gasteiger partial charge in [0.15, 0.2) is 0 Å². The molecule has 6 heteroatoms. The Kier molecular flexibility index (Phi) is 5.49. The molecular formula is C20H19ClN4O. The fraction of sp³-hybridized carbons (Fsp3) is 0.150. The Morgan fingerprint density at radius 1 is 1.04 bits per heavy atom. The number of anilines is 2. The van der Waals surface area contributed by atoms with Crippen LogP contribution in [-0.4, -0.2) is 15.9 Å². The van der Waals surface area contributed by atoms with E-state index in [9.17, 15) is 4.79 Å². The highest BCUT2D eigenvalue weighted by atomic mass is 35.5. The van der Waals surface area contributed by atoms with Gasteiger partial charge in [-0.1, -0.05) is 35.9 Å². The van der Waals surface area contributed by atoms with E-state index in [2.05, 4.69) is 33.6 Å². The number of hydrogen-bond donors (Lipinski definition) is 2. The second-order valence-corrected chi connectivity index (χ2v) is 6.40. The highest BCUT2D eigenvalue weighted by Crippen LogP contribution is 2.15. The Hall–Kier alpha value is -2.92. The smallest absolute Gasteiger partial charge is 0.274 e. The summed E-state index contributed by atoms with van der Waals surface area (Å²) in [4.78, 5) is 21.2. The summed E-state index contributed by atoms with van der Waals surface area (Å²) in [5.74, 6) is 0.131. The van der Waals surface area contributed by atoms with Crippen molar-refractivity contribution in [3.63, 3.8) is 0 Å². The minimum Gasteiger partial charge on any atom is -0.350 e. The second kappa shape index (κ2) is 7.97. The first-order valence-corrected chi connectivity index (χ1v) is 8.60. The number of benzene rings is 2. The van der Waals surface area contributed by atoms with Gasteiger partial charge in [-0.15, -0.1) is 0 Å². The topological polar surface area (TPSA) is 66.9 Å². The summed E-state index contributed by atoms with van der Waals surface area (Å²) in [7, 11) is 0. The maximum Gasteiger partial charge on any atom is 0.274 e. The van der Waals surface area contributed by atoms with Crippen LogP contribution in [0.15, 0.2) is 54.6 Å². The zero-order valence-electron chi connectivity index (χ0n) is 14.6. The van der Waals surface area contributed by atoms with Crippen molar-refractivity contribution in [1.29, 1.82) is 0 Å². The quantitative estimate of drug-likeness (QED) is 0.691. The summed E-state index contributed by atoms with van der Waals surface area (Å²) < 4.78 is 0. The van der Waals surface area contributed by atoms with E-state index in [1.807, 2.05) is 25.1 Å². The molecule has 26 heavy (non-hydrogen) atoms. The molecule has 0 saturated carbocycles. The number of nitrogens with one attached hydrogen (secondary N) is 2. The minimum atomic E-state index is -0.295. The molecule has 2 aromatic carbocycles. The Labute approximate surface area is 157 Å². The van der Waals surface area contributed by atoms with E-state index in [0.29, 0.717) is 34.6 Å². The van der Waals surface area contributed by atoms with Crippen molar-refractivity contribution in [2.24, 2.45) is 0 Å². The van der Waals surface area contributed by atoms with Crippen LogP contribution in [0.3, 0.4) is 0 Å². The predicted octanol–water partition coefficient (Wildman–Crippen LogP) is 4.61. The van der Waals surface area contributed by atoms with E-state index in [-0.39, 0.29) is 5.91 Å². The van der Waals surface area contributed by atoms with E-state index >= 15 is 0 Å². The van der Waals surface area contributed by atoms with Crippen LogP contribution in [0.25, 0.3) is 0 Å². The molecule has 132 valence electrons. The molecule has 5 nitrogen and oxygen atoms in total. The van der Waals surface area contributed by atoms with Crippen molar-refractivity contribution in [2.75, 3.05) is 10.6 Å². The molecule has 0 aliphatic rings. The number of amides is 1.